The van der Waals surface area contributed by atoms with E-state index in [-0.39, 0.29) is 6.03 Å². The molecule has 14 heavy (non-hydrogen) atoms. The van der Waals surface area contributed by atoms with Gasteiger partial charge in [0.1, 0.15) is 5.01 Å². The van der Waals surface area contributed by atoms with Crippen LogP contribution < -0.4 is 10.6 Å². The summed E-state index contributed by atoms with van der Waals surface area (Å²) in [7, 11) is 0. The average molecular weight is 214 g/mol. The van der Waals surface area contributed by atoms with Crippen molar-refractivity contribution in [1.82, 2.24) is 15.5 Å². The van der Waals surface area contributed by atoms with E-state index in [4.69, 9.17) is 0 Å². The molecule has 0 saturated heterocycles. The number of hydrogen-bond acceptors (Lipinski definition) is 4. The predicted octanol–water partition coefficient (Wildman–Crippen LogP) is 1.63. The van der Waals surface area contributed by atoms with Gasteiger partial charge in [0.05, 0.1) is 0 Å². The van der Waals surface area contributed by atoms with Crippen LogP contribution in [-0.2, 0) is 6.42 Å². The van der Waals surface area contributed by atoms with Crippen LogP contribution in [0, 0.1) is 0 Å². The molecule has 0 spiro atoms. The minimum absolute atomic E-state index is 0.230. The van der Waals surface area contributed by atoms with Crippen LogP contribution in [0.2, 0.25) is 0 Å². The minimum Gasteiger partial charge on any atom is -0.338 e. The van der Waals surface area contributed by atoms with E-state index in [0.717, 1.165) is 17.8 Å². The number of aromatic nitrogens is 2. The standard InChI is InChI=1S/C8H14N4OS/c1-3-5-6-11-12-8(14-6)10-7(13)9-4-2/h3-5H2,1-2H3,(H2,9,10,12,13). The van der Waals surface area contributed by atoms with Gasteiger partial charge in [0.25, 0.3) is 0 Å². The Balaban J connectivity index is 2.46. The molecule has 0 bridgehead atoms. The Hall–Kier alpha value is -1.17. The van der Waals surface area contributed by atoms with Crippen LogP contribution >= 0.6 is 11.3 Å². The van der Waals surface area contributed by atoms with Crippen LogP contribution in [0.3, 0.4) is 0 Å². The number of carbonyl (C=O) groups is 1. The van der Waals surface area contributed by atoms with Gasteiger partial charge in [-0.1, -0.05) is 18.3 Å². The van der Waals surface area contributed by atoms with Crippen molar-refractivity contribution in [3.63, 3.8) is 0 Å². The third kappa shape index (κ3) is 3.29. The molecule has 0 aliphatic rings. The van der Waals surface area contributed by atoms with E-state index in [1.165, 1.54) is 11.3 Å². The zero-order valence-electron chi connectivity index (χ0n) is 8.33. The van der Waals surface area contributed by atoms with Gasteiger partial charge in [-0.15, -0.1) is 10.2 Å². The Bertz CT molecular complexity index is 299. The molecule has 0 aliphatic carbocycles. The van der Waals surface area contributed by atoms with Gasteiger partial charge < -0.3 is 5.32 Å². The number of rotatable bonds is 4. The zero-order chi connectivity index (χ0) is 10.4. The summed E-state index contributed by atoms with van der Waals surface area (Å²) in [6, 6.07) is -0.230. The van der Waals surface area contributed by atoms with Crippen LogP contribution in [0.4, 0.5) is 9.93 Å². The summed E-state index contributed by atoms with van der Waals surface area (Å²) in [6.07, 6.45) is 1.95. The molecule has 2 N–H and O–H groups in total. The van der Waals surface area contributed by atoms with Gasteiger partial charge in [0.2, 0.25) is 5.13 Å². The minimum atomic E-state index is -0.230. The first kappa shape index (κ1) is 10.9. The number of nitrogens with zero attached hydrogens (tertiary/aromatic N) is 2. The maximum absolute atomic E-state index is 11.1. The van der Waals surface area contributed by atoms with Crippen molar-refractivity contribution in [2.45, 2.75) is 26.7 Å². The third-order valence-electron chi connectivity index (χ3n) is 1.49. The Morgan fingerprint density at radius 2 is 2.21 bits per heavy atom. The quantitative estimate of drug-likeness (QED) is 0.800. The second-order valence-electron chi connectivity index (χ2n) is 2.74. The van der Waals surface area contributed by atoms with E-state index < -0.39 is 0 Å². The van der Waals surface area contributed by atoms with Crippen LogP contribution in [0.15, 0.2) is 0 Å². The van der Waals surface area contributed by atoms with Gasteiger partial charge in [-0.3, -0.25) is 5.32 Å². The van der Waals surface area contributed by atoms with E-state index in [9.17, 15) is 4.79 Å². The molecule has 78 valence electrons. The lowest BCUT2D eigenvalue weighted by Crippen LogP contribution is -2.28. The SMILES string of the molecule is CCCc1nnc(NC(=O)NCC)s1. The summed E-state index contributed by atoms with van der Waals surface area (Å²) >= 11 is 1.42. The summed E-state index contributed by atoms with van der Waals surface area (Å²) in [5.74, 6) is 0. The molecule has 0 aromatic carbocycles. The normalized spacial score (nSPS) is 9.86. The monoisotopic (exact) mass is 214 g/mol. The van der Waals surface area contributed by atoms with E-state index in [1.54, 1.807) is 0 Å². The highest BCUT2D eigenvalue weighted by molar-refractivity contribution is 7.15. The molecule has 1 aromatic heterocycles. The summed E-state index contributed by atoms with van der Waals surface area (Å²) in [5, 5.41) is 14.6. The van der Waals surface area contributed by atoms with Crippen molar-refractivity contribution >= 4 is 22.5 Å². The smallest absolute Gasteiger partial charge is 0.321 e. The number of nitrogens with one attached hydrogen (secondary N) is 2. The molecule has 1 aromatic rings. The Kier molecular flexibility index (Phi) is 4.31. The summed E-state index contributed by atoms with van der Waals surface area (Å²) < 4.78 is 0. The second-order valence-corrected chi connectivity index (χ2v) is 3.80. The molecule has 5 nitrogen and oxygen atoms in total. The molecule has 2 amide bonds. The number of carbonyl (C=O) groups excluding carboxylic acids is 1. The molecule has 0 unspecified atom stereocenters. The van der Waals surface area contributed by atoms with Gasteiger partial charge in [-0.2, -0.15) is 0 Å². The number of hydrogen-bond donors (Lipinski definition) is 2. The van der Waals surface area contributed by atoms with E-state index in [1.807, 2.05) is 6.92 Å². The topological polar surface area (TPSA) is 66.9 Å². The number of anilines is 1. The molecule has 1 heterocycles. The Morgan fingerprint density at radius 3 is 2.86 bits per heavy atom. The first-order valence-corrected chi connectivity index (χ1v) is 5.45. The number of amides is 2. The van der Waals surface area contributed by atoms with Crippen molar-refractivity contribution in [3.8, 4) is 0 Å². The molecule has 0 saturated carbocycles. The maximum Gasteiger partial charge on any atom is 0.321 e. The zero-order valence-corrected chi connectivity index (χ0v) is 9.15. The van der Waals surface area contributed by atoms with Gasteiger partial charge in [-0.05, 0) is 13.3 Å². The van der Waals surface area contributed by atoms with Crippen LogP contribution in [0.1, 0.15) is 25.3 Å². The highest BCUT2D eigenvalue weighted by Crippen LogP contribution is 2.15. The van der Waals surface area contributed by atoms with E-state index in [0.29, 0.717) is 11.7 Å². The molecule has 0 atom stereocenters. The van der Waals surface area contributed by atoms with Crippen molar-refractivity contribution in [3.05, 3.63) is 5.01 Å². The highest BCUT2D eigenvalue weighted by atomic mass is 32.1. The fourth-order valence-electron chi connectivity index (χ4n) is 0.921. The Labute approximate surface area is 86.9 Å². The van der Waals surface area contributed by atoms with Crippen LogP contribution in [0.5, 0.6) is 0 Å². The maximum atomic E-state index is 11.1. The van der Waals surface area contributed by atoms with Crippen LogP contribution in [0.25, 0.3) is 0 Å². The summed E-state index contributed by atoms with van der Waals surface area (Å²) in [6.45, 7) is 4.55. The van der Waals surface area contributed by atoms with Gasteiger partial charge in [0.15, 0.2) is 0 Å². The van der Waals surface area contributed by atoms with Gasteiger partial charge >= 0.3 is 6.03 Å². The van der Waals surface area contributed by atoms with Crippen molar-refractivity contribution in [1.29, 1.82) is 0 Å². The average Bonchev–Trinajstić information content (AvgIpc) is 2.53. The number of aryl methyl sites for hydroxylation is 1. The Morgan fingerprint density at radius 1 is 1.43 bits per heavy atom. The molecule has 6 heteroatoms. The van der Waals surface area contributed by atoms with E-state index in [2.05, 4.69) is 27.8 Å². The lowest BCUT2D eigenvalue weighted by molar-refractivity contribution is 0.252. The first-order chi connectivity index (χ1) is 6.76. The van der Waals surface area contributed by atoms with Gasteiger partial charge in [-0.25, -0.2) is 4.79 Å². The first-order valence-electron chi connectivity index (χ1n) is 4.63. The predicted molar refractivity (Wildman–Crippen MR) is 56.6 cm³/mol. The molecule has 0 aliphatic heterocycles. The molecular weight excluding hydrogens is 200 g/mol. The fourth-order valence-corrected chi connectivity index (χ4v) is 1.76. The summed E-state index contributed by atoms with van der Waals surface area (Å²) in [5.41, 5.74) is 0. The number of urea groups is 1. The van der Waals surface area contributed by atoms with E-state index >= 15 is 0 Å². The molecule has 1 rings (SSSR count). The fraction of sp³-hybridized carbons (Fsp3) is 0.625. The highest BCUT2D eigenvalue weighted by Gasteiger charge is 2.05. The van der Waals surface area contributed by atoms with Crippen molar-refractivity contribution in [2.75, 3.05) is 11.9 Å². The van der Waals surface area contributed by atoms with Gasteiger partial charge in [0, 0.05) is 13.0 Å². The van der Waals surface area contributed by atoms with Crippen LogP contribution in [-0.4, -0.2) is 22.8 Å². The van der Waals surface area contributed by atoms with Crippen molar-refractivity contribution in [2.24, 2.45) is 0 Å². The third-order valence-corrected chi connectivity index (χ3v) is 2.39. The van der Waals surface area contributed by atoms with Crippen molar-refractivity contribution < 1.29 is 4.79 Å². The largest absolute Gasteiger partial charge is 0.338 e. The lowest BCUT2D eigenvalue weighted by Gasteiger charge is -1.99. The molecular formula is C8H14N4OS. The molecule has 0 radical (unpaired) electrons. The molecule has 0 fully saturated rings. The second kappa shape index (κ2) is 5.54. The lowest BCUT2D eigenvalue weighted by atomic mass is 10.4. The summed E-state index contributed by atoms with van der Waals surface area (Å²) in [4.78, 5) is 11.1.